The van der Waals surface area contributed by atoms with Gasteiger partial charge in [-0.05, 0) is 0 Å². The summed E-state index contributed by atoms with van der Waals surface area (Å²) in [5, 5.41) is 0. The Morgan fingerprint density at radius 2 is 1.19 bits per heavy atom. The van der Waals surface area contributed by atoms with Crippen LogP contribution in [0.15, 0.2) is 0 Å². The molecule has 0 aliphatic carbocycles. The predicted octanol–water partition coefficient (Wildman–Crippen LogP) is -0.163. The van der Waals surface area contributed by atoms with E-state index in [1.807, 2.05) is 0 Å². The SMILES string of the molecule is COCC1O[C@@H](O[C@]2(COC)O[C@H](COC)[C@H](OC)C2OC)C(OC)[C@H](OC)[C@@H]1OC. The van der Waals surface area contributed by atoms with Crippen LogP contribution in [0.2, 0.25) is 0 Å². The molecule has 0 radical (unpaired) electrons. The van der Waals surface area contributed by atoms with E-state index in [9.17, 15) is 0 Å². The molecular weight excluding hydrogens is 416 g/mol. The largest absolute Gasteiger partial charge is 0.382 e. The second kappa shape index (κ2) is 12.7. The first-order valence-corrected chi connectivity index (χ1v) is 10.1. The third-order valence-corrected chi connectivity index (χ3v) is 5.71. The van der Waals surface area contributed by atoms with Gasteiger partial charge in [0.2, 0.25) is 5.79 Å². The molecule has 0 aromatic carbocycles. The van der Waals surface area contributed by atoms with Gasteiger partial charge >= 0.3 is 0 Å². The van der Waals surface area contributed by atoms with E-state index in [0.29, 0.717) is 0 Å². The lowest BCUT2D eigenvalue weighted by Crippen LogP contribution is -2.64. The molecule has 2 rings (SSSR count). The number of ether oxygens (including phenoxy) is 11. The maximum absolute atomic E-state index is 6.45. The molecule has 2 saturated heterocycles. The summed E-state index contributed by atoms with van der Waals surface area (Å²) in [5.41, 5.74) is 0. The number of hydrogen-bond donors (Lipinski definition) is 0. The molecule has 2 aliphatic rings. The van der Waals surface area contributed by atoms with Crippen molar-refractivity contribution in [2.75, 3.05) is 76.7 Å². The first kappa shape index (κ1) is 26.8. The van der Waals surface area contributed by atoms with Gasteiger partial charge in [0, 0.05) is 56.9 Å². The average Bonchev–Trinajstić information content (AvgIpc) is 3.05. The molecule has 3 unspecified atom stereocenters. The van der Waals surface area contributed by atoms with Crippen LogP contribution in [0.5, 0.6) is 0 Å². The first-order valence-electron chi connectivity index (χ1n) is 10.1. The van der Waals surface area contributed by atoms with Crippen LogP contribution in [0.3, 0.4) is 0 Å². The Bertz CT molecular complexity index is 510. The maximum atomic E-state index is 6.45. The summed E-state index contributed by atoms with van der Waals surface area (Å²) < 4.78 is 63.5. The van der Waals surface area contributed by atoms with Crippen LogP contribution in [0.1, 0.15) is 0 Å². The molecule has 2 heterocycles. The van der Waals surface area contributed by atoms with Crippen LogP contribution in [-0.2, 0) is 52.1 Å². The monoisotopic (exact) mass is 454 g/mol. The van der Waals surface area contributed by atoms with Gasteiger partial charge < -0.3 is 52.1 Å². The lowest BCUT2D eigenvalue weighted by atomic mass is 9.98. The van der Waals surface area contributed by atoms with E-state index in [0.717, 1.165) is 0 Å². The molecule has 11 nitrogen and oxygen atoms in total. The molecule has 0 amide bonds. The maximum Gasteiger partial charge on any atom is 0.224 e. The third kappa shape index (κ3) is 5.56. The minimum Gasteiger partial charge on any atom is -0.382 e. The van der Waals surface area contributed by atoms with Gasteiger partial charge in [0.05, 0.1) is 13.2 Å². The van der Waals surface area contributed by atoms with E-state index >= 15 is 0 Å². The minimum atomic E-state index is -1.34. The Kier molecular flexibility index (Phi) is 11.0. The van der Waals surface area contributed by atoms with Crippen molar-refractivity contribution < 1.29 is 52.1 Å². The van der Waals surface area contributed by atoms with Crippen LogP contribution in [0.4, 0.5) is 0 Å². The topological polar surface area (TPSA) is 102 Å². The smallest absolute Gasteiger partial charge is 0.224 e. The number of rotatable bonds is 13. The van der Waals surface area contributed by atoms with Crippen LogP contribution >= 0.6 is 0 Å². The molecule has 2 aliphatic heterocycles. The summed E-state index contributed by atoms with van der Waals surface area (Å²) in [7, 11) is 12.6. The fourth-order valence-electron chi connectivity index (χ4n) is 4.43. The van der Waals surface area contributed by atoms with Gasteiger partial charge in [0.1, 0.15) is 49.3 Å². The van der Waals surface area contributed by atoms with E-state index in [2.05, 4.69) is 0 Å². The van der Waals surface area contributed by atoms with Crippen molar-refractivity contribution >= 4 is 0 Å². The van der Waals surface area contributed by atoms with Crippen molar-refractivity contribution in [1.82, 2.24) is 0 Å². The zero-order chi connectivity index (χ0) is 23.0. The van der Waals surface area contributed by atoms with Crippen LogP contribution in [0, 0.1) is 0 Å². The number of methoxy groups -OCH3 is 8. The van der Waals surface area contributed by atoms with Gasteiger partial charge in [-0.1, -0.05) is 0 Å². The molecular formula is C20H38O11. The Hall–Kier alpha value is -0.440. The van der Waals surface area contributed by atoms with Gasteiger partial charge in [0.25, 0.3) is 0 Å². The summed E-state index contributed by atoms with van der Waals surface area (Å²) in [6, 6.07) is 0. The standard InChI is InChI=1S/C20H38O11/c1-21-9-12-14(24-4)16(26-6)17(27-7)19(29-12)31-20(11-23-3)18(28-8)15(25-5)13(30-20)10-22-2/h12-19H,9-11H2,1-8H3/t12?,13-,14-,15+,16-,17?,18?,19+,20+/m1/s1. The van der Waals surface area contributed by atoms with Gasteiger partial charge in [-0.25, -0.2) is 0 Å². The molecule has 9 atom stereocenters. The highest BCUT2D eigenvalue weighted by molar-refractivity contribution is 5.01. The van der Waals surface area contributed by atoms with E-state index in [4.69, 9.17) is 52.1 Å². The van der Waals surface area contributed by atoms with E-state index in [-0.39, 0.29) is 19.8 Å². The molecule has 184 valence electrons. The zero-order valence-electron chi connectivity index (χ0n) is 19.7. The van der Waals surface area contributed by atoms with Crippen molar-refractivity contribution in [2.24, 2.45) is 0 Å². The summed E-state index contributed by atoms with van der Waals surface area (Å²) in [4.78, 5) is 0. The molecule has 0 aromatic heterocycles. The van der Waals surface area contributed by atoms with Crippen molar-refractivity contribution in [1.29, 1.82) is 0 Å². The van der Waals surface area contributed by atoms with E-state index < -0.39 is 54.8 Å². The van der Waals surface area contributed by atoms with Crippen molar-refractivity contribution in [3.63, 3.8) is 0 Å². The Labute approximate surface area is 184 Å². The lowest BCUT2D eigenvalue weighted by molar-refractivity contribution is -0.390. The fraction of sp³-hybridized carbons (Fsp3) is 1.00. The third-order valence-electron chi connectivity index (χ3n) is 5.71. The second-order valence-corrected chi connectivity index (χ2v) is 7.43. The lowest BCUT2D eigenvalue weighted by Gasteiger charge is -2.47. The predicted molar refractivity (Wildman–Crippen MR) is 107 cm³/mol. The zero-order valence-corrected chi connectivity index (χ0v) is 19.7. The summed E-state index contributed by atoms with van der Waals surface area (Å²) in [6.07, 6.45) is -4.42. The van der Waals surface area contributed by atoms with Gasteiger partial charge in [-0.15, -0.1) is 0 Å². The first-order chi connectivity index (χ1) is 15.0. The van der Waals surface area contributed by atoms with Crippen LogP contribution < -0.4 is 0 Å². The van der Waals surface area contributed by atoms with Crippen LogP contribution in [-0.4, -0.2) is 132 Å². The second-order valence-electron chi connectivity index (χ2n) is 7.43. The molecule has 0 bridgehead atoms. The molecule has 0 spiro atoms. The minimum absolute atomic E-state index is 0.0577. The van der Waals surface area contributed by atoms with Crippen LogP contribution in [0.25, 0.3) is 0 Å². The summed E-state index contributed by atoms with van der Waals surface area (Å²) in [5.74, 6) is -1.34. The number of hydrogen-bond acceptors (Lipinski definition) is 11. The van der Waals surface area contributed by atoms with Crippen molar-refractivity contribution in [3.05, 3.63) is 0 Å². The molecule has 31 heavy (non-hydrogen) atoms. The van der Waals surface area contributed by atoms with E-state index in [1.165, 1.54) is 0 Å². The average molecular weight is 455 g/mol. The van der Waals surface area contributed by atoms with Crippen molar-refractivity contribution in [3.8, 4) is 0 Å². The molecule has 0 saturated carbocycles. The Morgan fingerprint density at radius 3 is 1.68 bits per heavy atom. The van der Waals surface area contributed by atoms with Crippen molar-refractivity contribution in [2.45, 2.75) is 54.8 Å². The Morgan fingerprint density at radius 1 is 0.613 bits per heavy atom. The molecule has 0 N–H and O–H groups in total. The Balaban J connectivity index is 2.38. The van der Waals surface area contributed by atoms with Gasteiger partial charge in [-0.2, -0.15) is 0 Å². The normalized spacial score (nSPS) is 41.0. The molecule has 2 fully saturated rings. The highest BCUT2D eigenvalue weighted by Crippen LogP contribution is 2.40. The highest BCUT2D eigenvalue weighted by atomic mass is 16.8. The van der Waals surface area contributed by atoms with Gasteiger partial charge in [-0.3, -0.25) is 0 Å². The molecule has 0 aromatic rings. The highest BCUT2D eigenvalue weighted by Gasteiger charge is 2.60. The van der Waals surface area contributed by atoms with E-state index in [1.54, 1.807) is 56.9 Å². The summed E-state index contributed by atoms with van der Waals surface area (Å²) in [6.45, 7) is 0.612. The van der Waals surface area contributed by atoms with Gasteiger partial charge in [0.15, 0.2) is 6.29 Å². The molecule has 11 heteroatoms. The fourth-order valence-corrected chi connectivity index (χ4v) is 4.43. The summed E-state index contributed by atoms with van der Waals surface area (Å²) >= 11 is 0. The quantitative estimate of drug-likeness (QED) is 0.371.